The molecule has 3 aromatic rings. The lowest BCUT2D eigenvalue weighted by Gasteiger charge is -2.20. The molecule has 7 heteroatoms. The van der Waals surface area contributed by atoms with Crippen molar-refractivity contribution in [2.45, 2.75) is 79.1 Å². The zero-order valence-corrected chi connectivity index (χ0v) is 19.2. The fourth-order valence-corrected chi connectivity index (χ4v) is 3.84. The smallest absolute Gasteiger partial charge is 0.119 e. The van der Waals surface area contributed by atoms with Gasteiger partial charge in [0.1, 0.15) is 17.1 Å². The van der Waals surface area contributed by atoms with Crippen molar-refractivity contribution >= 4 is 0 Å². The van der Waals surface area contributed by atoms with Crippen molar-refractivity contribution in [2.75, 3.05) is 0 Å². The Bertz CT molecular complexity index is 943. The molecule has 7 nitrogen and oxygen atoms in total. The van der Waals surface area contributed by atoms with Crippen molar-refractivity contribution in [2.24, 2.45) is 0 Å². The zero-order valence-electron chi connectivity index (χ0n) is 19.2. The number of hydrogen-bond donors (Lipinski definition) is 0. The number of pyridine rings is 1. The molecule has 3 heterocycles. The molecule has 0 saturated heterocycles. The normalized spacial score (nSPS) is 11.9. The second kappa shape index (κ2) is 8.90. The topological polar surface area (TPSA) is 90.2 Å². The van der Waals surface area contributed by atoms with E-state index >= 15 is 0 Å². The van der Waals surface area contributed by atoms with Crippen molar-refractivity contribution in [3.63, 3.8) is 0 Å². The molecule has 0 radical (unpaired) electrons. The van der Waals surface area contributed by atoms with Crippen LogP contribution in [-0.4, -0.2) is 35.8 Å². The Kier molecular flexibility index (Phi) is 6.48. The highest BCUT2D eigenvalue weighted by Gasteiger charge is 2.26. The van der Waals surface area contributed by atoms with Gasteiger partial charge in [0.25, 0.3) is 0 Å². The minimum absolute atomic E-state index is 0.231. The summed E-state index contributed by atoms with van der Waals surface area (Å²) in [6.07, 6.45) is 1.78. The Labute approximate surface area is 178 Å². The van der Waals surface area contributed by atoms with Crippen molar-refractivity contribution in [3.05, 3.63) is 40.8 Å². The SMILES string of the molecule is CC(C)c1nnnc(-c2cccnc2-c2nnnc(C(C)C)c2C(C)C)c1C(C)C. The van der Waals surface area contributed by atoms with Gasteiger partial charge in [0.05, 0.1) is 11.4 Å². The van der Waals surface area contributed by atoms with Gasteiger partial charge in [-0.3, -0.25) is 4.98 Å². The Hall–Kier alpha value is -2.83. The lowest BCUT2D eigenvalue weighted by molar-refractivity contribution is 0.693. The molecular formula is C23H31N7. The van der Waals surface area contributed by atoms with E-state index in [0.717, 1.165) is 45.2 Å². The van der Waals surface area contributed by atoms with Crippen LogP contribution >= 0.6 is 0 Å². The fourth-order valence-electron chi connectivity index (χ4n) is 3.84. The van der Waals surface area contributed by atoms with Crippen LogP contribution in [-0.2, 0) is 0 Å². The van der Waals surface area contributed by atoms with E-state index in [1.165, 1.54) is 0 Å². The molecule has 0 fully saturated rings. The van der Waals surface area contributed by atoms with Gasteiger partial charge in [-0.1, -0.05) is 55.4 Å². The van der Waals surface area contributed by atoms with Gasteiger partial charge in [-0.2, -0.15) is 0 Å². The van der Waals surface area contributed by atoms with E-state index in [2.05, 4.69) is 86.2 Å². The summed E-state index contributed by atoms with van der Waals surface area (Å²) in [6, 6.07) is 3.96. The van der Waals surface area contributed by atoms with Gasteiger partial charge >= 0.3 is 0 Å². The first kappa shape index (κ1) is 21.9. The monoisotopic (exact) mass is 405 g/mol. The number of nitrogens with zero attached hydrogens (tertiary/aromatic N) is 7. The van der Waals surface area contributed by atoms with Crippen LogP contribution in [0.3, 0.4) is 0 Å². The Morgan fingerprint density at radius 3 is 1.57 bits per heavy atom. The standard InChI is InChI=1S/C23H31N7/c1-12(2)17-19(14(5)6)25-29-27-21(17)16-10-9-11-24-22(16)23-18(13(3)4)20(15(7)8)26-30-28-23/h9-15H,1-8H3. The molecule has 0 spiro atoms. The summed E-state index contributed by atoms with van der Waals surface area (Å²) in [7, 11) is 0. The van der Waals surface area contributed by atoms with Crippen molar-refractivity contribution in [1.82, 2.24) is 35.8 Å². The minimum atomic E-state index is 0.231. The predicted molar refractivity (Wildman–Crippen MR) is 118 cm³/mol. The second-order valence-electron chi connectivity index (χ2n) is 8.89. The third-order valence-corrected chi connectivity index (χ3v) is 5.19. The molecule has 30 heavy (non-hydrogen) atoms. The molecule has 0 aromatic carbocycles. The fraction of sp³-hybridized carbons (Fsp3) is 0.522. The number of hydrogen-bond acceptors (Lipinski definition) is 7. The summed E-state index contributed by atoms with van der Waals surface area (Å²) in [5.74, 6) is 0.960. The summed E-state index contributed by atoms with van der Waals surface area (Å²) in [6.45, 7) is 17.1. The molecule has 0 atom stereocenters. The molecule has 0 amide bonds. The van der Waals surface area contributed by atoms with Crippen molar-refractivity contribution in [3.8, 4) is 22.6 Å². The van der Waals surface area contributed by atoms with Gasteiger partial charge in [-0.15, -0.1) is 20.4 Å². The van der Waals surface area contributed by atoms with Gasteiger partial charge in [0.2, 0.25) is 0 Å². The maximum Gasteiger partial charge on any atom is 0.119 e. The van der Waals surface area contributed by atoms with E-state index in [1.807, 2.05) is 12.1 Å². The van der Waals surface area contributed by atoms with E-state index in [0.29, 0.717) is 0 Å². The first-order chi connectivity index (χ1) is 14.2. The van der Waals surface area contributed by atoms with Gasteiger partial charge < -0.3 is 0 Å². The highest BCUT2D eigenvalue weighted by Crippen LogP contribution is 2.38. The van der Waals surface area contributed by atoms with E-state index in [1.54, 1.807) is 6.20 Å². The molecule has 0 bridgehead atoms. The highest BCUT2D eigenvalue weighted by atomic mass is 15.3. The van der Waals surface area contributed by atoms with E-state index in [9.17, 15) is 0 Å². The Morgan fingerprint density at radius 2 is 1.07 bits per heavy atom. The van der Waals surface area contributed by atoms with Gasteiger partial charge in [0.15, 0.2) is 0 Å². The number of rotatable bonds is 6. The molecule has 0 aliphatic rings. The van der Waals surface area contributed by atoms with Crippen LogP contribution in [0.25, 0.3) is 22.6 Å². The lowest BCUT2D eigenvalue weighted by atomic mass is 9.88. The third kappa shape index (κ3) is 4.06. The van der Waals surface area contributed by atoms with Crippen LogP contribution in [0.4, 0.5) is 0 Å². The molecule has 0 aliphatic heterocycles. The zero-order chi connectivity index (χ0) is 22.0. The summed E-state index contributed by atoms with van der Waals surface area (Å²) in [4.78, 5) is 4.73. The van der Waals surface area contributed by atoms with Gasteiger partial charge in [-0.05, 0) is 46.2 Å². The largest absolute Gasteiger partial charge is 0.254 e. The number of aromatic nitrogens is 7. The summed E-state index contributed by atoms with van der Waals surface area (Å²) in [5.41, 5.74) is 7.34. The molecule has 0 N–H and O–H groups in total. The maximum absolute atomic E-state index is 4.73. The second-order valence-corrected chi connectivity index (χ2v) is 8.89. The quantitative estimate of drug-likeness (QED) is 0.551. The molecule has 0 unspecified atom stereocenters. The third-order valence-electron chi connectivity index (χ3n) is 5.19. The van der Waals surface area contributed by atoms with Gasteiger partial charge in [0, 0.05) is 22.9 Å². The van der Waals surface area contributed by atoms with E-state index < -0.39 is 0 Å². The van der Waals surface area contributed by atoms with E-state index in [4.69, 9.17) is 4.98 Å². The molecular weight excluding hydrogens is 374 g/mol. The molecule has 3 rings (SSSR count). The summed E-state index contributed by atoms with van der Waals surface area (Å²) in [5, 5.41) is 25.8. The Morgan fingerprint density at radius 1 is 0.567 bits per heavy atom. The predicted octanol–water partition coefficient (Wildman–Crippen LogP) is 5.28. The maximum atomic E-state index is 4.73. The summed E-state index contributed by atoms with van der Waals surface area (Å²) >= 11 is 0. The molecule has 0 aliphatic carbocycles. The average Bonchev–Trinajstić information content (AvgIpc) is 2.72. The first-order valence-electron chi connectivity index (χ1n) is 10.7. The van der Waals surface area contributed by atoms with Crippen LogP contribution in [0.1, 0.15) is 102 Å². The minimum Gasteiger partial charge on any atom is -0.254 e. The van der Waals surface area contributed by atoms with Gasteiger partial charge in [-0.25, -0.2) is 0 Å². The van der Waals surface area contributed by atoms with Crippen molar-refractivity contribution in [1.29, 1.82) is 0 Å². The van der Waals surface area contributed by atoms with Crippen LogP contribution < -0.4 is 0 Å². The van der Waals surface area contributed by atoms with Crippen LogP contribution in [0.2, 0.25) is 0 Å². The average molecular weight is 406 g/mol. The first-order valence-corrected chi connectivity index (χ1v) is 10.7. The molecule has 158 valence electrons. The molecule has 3 aromatic heterocycles. The summed E-state index contributed by atoms with van der Waals surface area (Å²) < 4.78 is 0. The Balaban J connectivity index is 2.35. The van der Waals surface area contributed by atoms with Crippen LogP contribution in [0.15, 0.2) is 18.3 Å². The lowest BCUT2D eigenvalue weighted by Crippen LogP contribution is -2.12. The van der Waals surface area contributed by atoms with E-state index in [-0.39, 0.29) is 23.7 Å². The molecule has 0 saturated carbocycles. The van der Waals surface area contributed by atoms with Crippen LogP contribution in [0, 0.1) is 0 Å². The highest BCUT2D eigenvalue weighted by molar-refractivity contribution is 5.80. The van der Waals surface area contributed by atoms with Crippen LogP contribution in [0.5, 0.6) is 0 Å². The van der Waals surface area contributed by atoms with Crippen molar-refractivity contribution < 1.29 is 0 Å².